The summed E-state index contributed by atoms with van der Waals surface area (Å²) in [6.07, 6.45) is 1.62. The molecular formula is C22H23N3O2. The second-order valence-electron chi connectivity index (χ2n) is 6.31. The number of pyridine rings is 1. The summed E-state index contributed by atoms with van der Waals surface area (Å²) in [4.78, 5) is 16.8. The Morgan fingerprint density at radius 3 is 2.48 bits per heavy atom. The number of ether oxygens (including phenoxy) is 1. The number of aryl methyl sites for hydroxylation is 2. The first-order chi connectivity index (χ1) is 13.0. The molecule has 3 aromatic rings. The largest absolute Gasteiger partial charge is 0.492 e. The fourth-order valence-corrected chi connectivity index (χ4v) is 2.88. The summed E-state index contributed by atoms with van der Waals surface area (Å²) < 4.78 is 5.55. The van der Waals surface area contributed by atoms with Crippen molar-refractivity contribution in [1.29, 1.82) is 0 Å². The lowest BCUT2D eigenvalue weighted by Crippen LogP contribution is -2.14. The molecule has 0 atom stereocenters. The number of nitrogens with one attached hydrogen (secondary N) is 2. The quantitative estimate of drug-likeness (QED) is 0.642. The van der Waals surface area contributed by atoms with Gasteiger partial charge in [0.1, 0.15) is 11.4 Å². The van der Waals surface area contributed by atoms with Crippen molar-refractivity contribution < 1.29 is 9.53 Å². The average molecular weight is 361 g/mol. The monoisotopic (exact) mass is 361 g/mol. The van der Waals surface area contributed by atoms with E-state index in [-0.39, 0.29) is 5.91 Å². The molecule has 2 aromatic carbocycles. The predicted molar refractivity (Wildman–Crippen MR) is 109 cm³/mol. The van der Waals surface area contributed by atoms with Crippen LogP contribution in [0.25, 0.3) is 0 Å². The van der Waals surface area contributed by atoms with Crippen LogP contribution in [0.4, 0.5) is 17.1 Å². The molecule has 0 fully saturated rings. The van der Waals surface area contributed by atoms with Gasteiger partial charge in [0.2, 0.25) is 0 Å². The van der Waals surface area contributed by atoms with Crippen molar-refractivity contribution in [2.24, 2.45) is 0 Å². The molecule has 27 heavy (non-hydrogen) atoms. The molecule has 1 amide bonds. The first-order valence-corrected chi connectivity index (χ1v) is 8.89. The Morgan fingerprint density at radius 1 is 1.00 bits per heavy atom. The molecular weight excluding hydrogens is 338 g/mol. The Kier molecular flexibility index (Phi) is 5.71. The highest BCUT2D eigenvalue weighted by Gasteiger charge is 2.11. The van der Waals surface area contributed by atoms with Gasteiger partial charge in [0.15, 0.2) is 0 Å². The predicted octanol–water partition coefficient (Wildman–Crippen LogP) is 5.09. The number of amides is 1. The molecule has 3 rings (SSSR count). The maximum absolute atomic E-state index is 12.6. The van der Waals surface area contributed by atoms with Crippen LogP contribution < -0.4 is 15.4 Å². The van der Waals surface area contributed by atoms with Crippen LogP contribution in [-0.2, 0) is 0 Å². The van der Waals surface area contributed by atoms with Crippen LogP contribution in [0.1, 0.15) is 28.5 Å². The number of aromatic nitrogens is 1. The van der Waals surface area contributed by atoms with Crippen LogP contribution in [0.5, 0.6) is 5.75 Å². The SMILES string of the molecule is CCOc1ccccc1NC(=O)c1cc(Nc2cc(C)cc(C)c2)ccn1. The number of carbonyl (C=O) groups is 1. The maximum Gasteiger partial charge on any atom is 0.274 e. The molecule has 5 heteroatoms. The first-order valence-electron chi connectivity index (χ1n) is 8.89. The molecule has 0 aliphatic rings. The number of nitrogens with zero attached hydrogens (tertiary/aromatic N) is 1. The van der Waals surface area contributed by atoms with Crippen LogP contribution in [0.3, 0.4) is 0 Å². The number of hydrogen-bond donors (Lipinski definition) is 2. The van der Waals surface area contributed by atoms with E-state index in [1.807, 2.05) is 31.2 Å². The van der Waals surface area contributed by atoms with Crippen LogP contribution in [0, 0.1) is 13.8 Å². The number of rotatable bonds is 6. The van der Waals surface area contributed by atoms with E-state index in [2.05, 4.69) is 47.7 Å². The van der Waals surface area contributed by atoms with Crippen LogP contribution in [0.15, 0.2) is 60.8 Å². The minimum atomic E-state index is -0.286. The summed E-state index contributed by atoms with van der Waals surface area (Å²) in [6.45, 7) is 6.54. The van der Waals surface area contributed by atoms with E-state index >= 15 is 0 Å². The number of hydrogen-bond acceptors (Lipinski definition) is 4. The van der Waals surface area contributed by atoms with Gasteiger partial charge < -0.3 is 15.4 Å². The lowest BCUT2D eigenvalue weighted by molar-refractivity contribution is 0.102. The van der Waals surface area contributed by atoms with Crippen LogP contribution >= 0.6 is 0 Å². The third kappa shape index (κ3) is 4.85. The fourth-order valence-electron chi connectivity index (χ4n) is 2.88. The van der Waals surface area contributed by atoms with E-state index in [1.165, 1.54) is 11.1 Å². The smallest absolute Gasteiger partial charge is 0.274 e. The second kappa shape index (κ2) is 8.36. The average Bonchev–Trinajstić information content (AvgIpc) is 2.63. The number of benzene rings is 2. The molecule has 1 aromatic heterocycles. The highest BCUT2D eigenvalue weighted by Crippen LogP contribution is 2.25. The molecule has 5 nitrogen and oxygen atoms in total. The van der Waals surface area contributed by atoms with Gasteiger partial charge in [-0.15, -0.1) is 0 Å². The highest BCUT2D eigenvalue weighted by molar-refractivity contribution is 6.04. The zero-order valence-corrected chi connectivity index (χ0v) is 15.7. The minimum absolute atomic E-state index is 0.286. The Morgan fingerprint density at radius 2 is 1.74 bits per heavy atom. The third-order valence-corrected chi connectivity index (χ3v) is 3.94. The molecule has 0 spiro atoms. The molecule has 2 N–H and O–H groups in total. The molecule has 0 saturated carbocycles. The van der Waals surface area contributed by atoms with E-state index in [9.17, 15) is 4.79 Å². The number of anilines is 3. The molecule has 0 radical (unpaired) electrons. The summed E-state index contributed by atoms with van der Waals surface area (Å²) in [6, 6.07) is 17.2. The van der Waals surface area contributed by atoms with E-state index < -0.39 is 0 Å². The van der Waals surface area contributed by atoms with Gasteiger partial charge in [-0.3, -0.25) is 9.78 Å². The molecule has 138 valence electrons. The van der Waals surface area contributed by atoms with Gasteiger partial charge >= 0.3 is 0 Å². The molecule has 1 heterocycles. The van der Waals surface area contributed by atoms with Gasteiger partial charge in [0.05, 0.1) is 12.3 Å². The normalized spacial score (nSPS) is 10.3. The molecule has 0 aliphatic heterocycles. The van der Waals surface area contributed by atoms with Gasteiger partial charge in [-0.25, -0.2) is 0 Å². The number of carbonyl (C=O) groups excluding carboxylic acids is 1. The second-order valence-corrected chi connectivity index (χ2v) is 6.31. The minimum Gasteiger partial charge on any atom is -0.492 e. The van der Waals surface area contributed by atoms with Gasteiger partial charge in [-0.1, -0.05) is 18.2 Å². The summed E-state index contributed by atoms with van der Waals surface area (Å²) in [5.74, 6) is 0.351. The topological polar surface area (TPSA) is 63.2 Å². The van der Waals surface area contributed by atoms with Crippen LogP contribution in [-0.4, -0.2) is 17.5 Å². The van der Waals surface area contributed by atoms with Gasteiger partial charge in [0.25, 0.3) is 5.91 Å². The van der Waals surface area contributed by atoms with Crippen molar-refractivity contribution in [3.63, 3.8) is 0 Å². The van der Waals surface area contributed by atoms with E-state index in [1.54, 1.807) is 18.3 Å². The van der Waals surface area contributed by atoms with E-state index in [0.29, 0.717) is 23.7 Å². The lowest BCUT2D eigenvalue weighted by Gasteiger charge is -2.12. The van der Waals surface area contributed by atoms with Crippen molar-refractivity contribution in [3.8, 4) is 5.75 Å². The zero-order chi connectivity index (χ0) is 19.2. The maximum atomic E-state index is 12.6. The van der Waals surface area contributed by atoms with Crippen molar-refractivity contribution in [2.75, 3.05) is 17.2 Å². The fraction of sp³-hybridized carbons (Fsp3) is 0.182. The summed E-state index contributed by atoms with van der Waals surface area (Å²) in [5, 5.41) is 6.20. The van der Waals surface area contributed by atoms with Crippen LogP contribution in [0.2, 0.25) is 0 Å². The van der Waals surface area contributed by atoms with Gasteiger partial charge in [0, 0.05) is 17.6 Å². The van der Waals surface area contributed by atoms with Gasteiger partial charge in [-0.2, -0.15) is 0 Å². The summed E-state index contributed by atoms with van der Waals surface area (Å²) in [5.41, 5.74) is 5.09. The lowest BCUT2D eigenvalue weighted by atomic mass is 10.1. The van der Waals surface area contributed by atoms with Crippen molar-refractivity contribution in [1.82, 2.24) is 4.98 Å². The third-order valence-electron chi connectivity index (χ3n) is 3.94. The molecule has 0 unspecified atom stereocenters. The molecule has 0 bridgehead atoms. The Hall–Kier alpha value is -3.34. The summed E-state index contributed by atoms with van der Waals surface area (Å²) in [7, 11) is 0. The molecule has 0 aliphatic carbocycles. The summed E-state index contributed by atoms with van der Waals surface area (Å²) >= 11 is 0. The van der Waals surface area contributed by atoms with E-state index in [0.717, 1.165) is 11.4 Å². The van der Waals surface area contributed by atoms with Crippen molar-refractivity contribution >= 4 is 23.0 Å². The van der Waals surface area contributed by atoms with Crippen molar-refractivity contribution in [2.45, 2.75) is 20.8 Å². The number of para-hydroxylation sites is 2. The van der Waals surface area contributed by atoms with Gasteiger partial charge in [-0.05, 0) is 68.3 Å². The Balaban J connectivity index is 1.78. The highest BCUT2D eigenvalue weighted by atomic mass is 16.5. The standard InChI is InChI=1S/C22H23N3O2/c1-4-27-21-8-6-5-7-19(21)25-22(26)20-14-17(9-10-23-20)24-18-12-15(2)11-16(3)13-18/h5-14H,4H2,1-3H3,(H,23,24)(H,25,26). The molecule has 0 saturated heterocycles. The first kappa shape index (κ1) is 18.5. The van der Waals surface area contributed by atoms with Crippen molar-refractivity contribution in [3.05, 3.63) is 77.6 Å². The Bertz CT molecular complexity index is 934. The van der Waals surface area contributed by atoms with E-state index in [4.69, 9.17) is 4.74 Å². The Labute approximate surface area is 159 Å². The zero-order valence-electron chi connectivity index (χ0n) is 15.7.